The van der Waals surface area contributed by atoms with Crippen molar-refractivity contribution in [2.24, 2.45) is 5.92 Å². The number of carbonyl (C=O) groups is 2. The molecule has 1 heterocycles. The summed E-state index contributed by atoms with van der Waals surface area (Å²) in [6.45, 7) is 8.71. The molecule has 0 saturated carbocycles. The van der Waals surface area contributed by atoms with Crippen molar-refractivity contribution in [3.63, 3.8) is 0 Å². The van der Waals surface area contributed by atoms with Crippen LogP contribution in [0.2, 0.25) is 0 Å². The molecule has 0 radical (unpaired) electrons. The number of fused-ring (bicyclic) bond motifs is 2. The molecule has 7 heteroatoms. The van der Waals surface area contributed by atoms with E-state index < -0.39 is 29.1 Å². The molecule has 7 nitrogen and oxygen atoms in total. The number of ketones is 2. The lowest BCUT2D eigenvalue weighted by Gasteiger charge is -2.44. The number of hydrogen-bond acceptors (Lipinski definition) is 6. The summed E-state index contributed by atoms with van der Waals surface area (Å²) in [5, 5.41) is 14.1. The van der Waals surface area contributed by atoms with Crippen molar-refractivity contribution in [2.75, 3.05) is 13.1 Å². The summed E-state index contributed by atoms with van der Waals surface area (Å²) in [5.41, 5.74) is -1.21. The lowest BCUT2D eigenvalue weighted by molar-refractivity contribution is -0.617. The van der Waals surface area contributed by atoms with Crippen LogP contribution in [0.5, 0.6) is 5.88 Å². The highest BCUT2D eigenvalue weighted by molar-refractivity contribution is 6.23. The smallest absolute Gasteiger partial charge is 0.424 e. The van der Waals surface area contributed by atoms with Crippen molar-refractivity contribution in [3.05, 3.63) is 84.7 Å². The SMILES string of the molecule is C=CCN(CC=C)[C@@H]1c2o[nH+]c(OCc3ccccc3)c2C(=O)[C@@]2(O)C(=O)C=CCC12. The number of aromatic nitrogens is 1. The summed E-state index contributed by atoms with van der Waals surface area (Å²) in [4.78, 5) is 28.2. The lowest BCUT2D eigenvalue weighted by atomic mass is 9.65. The third kappa shape index (κ3) is 3.45. The maximum atomic E-state index is 13.4. The number of rotatable bonds is 8. The van der Waals surface area contributed by atoms with Crippen molar-refractivity contribution in [2.45, 2.75) is 24.7 Å². The van der Waals surface area contributed by atoms with Gasteiger partial charge >= 0.3 is 5.88 Å². The molecule has 2 N–H and O–H groups in total. The van der Waals surface area contributed by atoms with Crippen LogP contribution >= 0.6 is 0 Å². The Kier molecular flexibility index (Phi) is 5.71. The summed E-state index contributed by atoms with van der Waals surface area (Å²) in [6, 6.07) is 8.91. The van der Waals surface area contributed by atoms with Crippen LogP contribution in [0.4, 0.5) is 0 Å². The molecule has 1 aromatic carbocycles. The molecule has 2 aliphatic carbocycles. The van der Waals surface area contributed by atoms with Crippen molar-refractivity contribution >= 4 is 11.6 Å². The van der Waals surface area contributed by atoms with Gasteiger partial charge in [0, 0.05) is 24.2 Å². The highest BCUT2D eigenvalue weighted by atomic mass is 16.5. The van der Waals surface area contributed by atoms with Crippen molar-refractivity contribution < 1.29 is 29.1 Å². The van der Waals surface area contributed by atoms with Gasteiger partial charge in [0.2, 0.25) is 11.5 Å². The zero-order valence-electron chi connectivity index (χ0n) is 17.1. The average molecular weight is 421 g/mol. The Morgan fingerprint density at radius 3 is 2.61 bits per heavy atom. The maximum absolute atomic E-state index is 13.4. The normalized spacial score (nSPS) is 24.6. The van der Waals surface area contributed by atoms with Gasteiger partial charge in [-0.2, -0.15) is 0 Å². The van der Waals surface area contributed by atoms with Gasteiger partial charge in [-0.3, -0.25) is 14.5 Å². The molecule has 0 amide bonds. The van der Waals surface area contributed by atoms with Gasteiger partial charge in [0.1, 0.15) is 6.61 Å². The summed E-state index contributed by atoms with van der Waals surface area (Å²) in [5.74, 6) is -1.60. The summed E-state index contributed by atoms with van der Waals surface area (Å²) < 4.78 is 11.6. The van der Waals surface area contributed by atoms with E-state index in [1.807, 2.05) is 35.2 Å². The van der Waals surface area contributed by atoms with Crippen molar-refractivity contribution in [3.8, 4) is 5.88 Å². The Morgan fingerprint density at radius 1 is 1.23 bits per heavy atom. The molecule has 4 rings (SSSR count). The van der Waals surface area contributed by atoms with E-state index in [9.17, 15) is 14.7 Å². The maximum Gasteiger partial charge on any atom is 0.424 e. The minimum absolute atomic E-state index is 0.0708. The lowest BCUT2D eigenvalue weighted by Crippen LogP contribution is -2.60. The Labute approximate surface area is 180 Å². The molecule has 1 aromatic heterocycles. The van der Waals surface area contributed by atoms with Gasteiger partial charge in [-0.15, -0.1) is 13.2 Å². The second kappa shape index (κ2) is 8.45. The van der Waals surface area contributed by atoms with Crippen molar-refractivity contribution in [1.82, 2.24) is 4.90 Å². The van der Waals surface area contributed by atoms with E-state index in [0.717, 1.165) is 5.56 Å². The van der Waals surface area contributed by atoms with Gasteiger partial charge in [0.05, 0.1) is 6.04 Å². The molecule has 0 bridgehead atoms. The third-order valence-electron chi connectivity index (χ3n) is 5.87. The number of nitrogens with zero attached hydrogens (tertiary/aromatic N) is 1. The largest absolute Gasteiger partial charge is 0.436 e. The number of H-pyrrole nitrogens is 1. The van der Waals surface area contributed by atoms with Crippen molar-refractivity contribution in [1.29, 1.82) is 0 Å². The molecule has 1 unspecified atom stereocenters. The van der Waals surface area contributed by atoms with Crippen LogP contribution in [-0.4, -0.2) is 40.3 Å². The standard InChI is InChI=1S/C24H24N2O5/c1-3-13-26(14-4-2)20-17-11-8-12-18(27)24(17,29)22(28)19-21(20)31-25-23(19)30-15-16-9-6-5-7-10-16/h3-10,12,17,20,29H,1-2,11,13-15H2/p+1/t17?,20-,24-/m0/s1. The quantitative estimate of drug-likeness (QED) is 0.520. The zero-order chi connectivity index (χ0) is 22.0. The zero-order valence-corrected chi connectivity index (χ0v) is 17.1. The predicted octanol–water partition coefficient (Wildman–Crippen LogP) is 2.46. The van der Waals surface area contributed by atoms with Crippen LogP contribution < -0.4 is 9.89 Å². The van der Waals surface area contributed by atoms with Crippen LogP contribution in [0.15, 0.2) is 72.3 Å². The number of aliphatic hydroxyl groups is 1. The second-order valence-electron chi connectivity index (χ2n) is 7.73. The molecule has 0 saturated heterocycles. The first-order valence-electron chi connectivity index (χ1n) is 10.2. The Morgan fingerprint density at radius 2 is 1.94 bits per heavy atom. The van der Waals surface area contributed by atoms with Crippen LogP contribution in [0.3, 0.4) is 0 Å². The van der Waals surface area contributed by atoms with Crippen LogP contribution in [-0.2, 0) is 11.4 Å². The molecule has 2 aliphatic rings. The van der Waals surface area contributed by atoms with Gasteiger partial charge in [-0.05, 0) is 18.1 Å². The molecular weight excluding hydrogens is 396 g/mol. The molecule has 0 aliphatic heterocycles. The molecule has 2 aromatic rings. The molecule has 3 atom stereocenters. The molecule has 160 valence electrons. The summed E-state index contributed by atoms with van der Waals surface area (Å²) in [6.07, 6.45) is 6.75. The van der Waals surface area contributed by atoms with Crippen LogP contribution in [0.1, 0.15) is 34.1 Å². The van der Waals surface area contributed by atoms with Gasteiger partial charge in [0.25, 0.3) is 0 Å². The number of Topliss-reactive ketones (excluding diaryl/α,β-unsaturated/α-hetero) is 1. The first kappa shape index (κ1) is 21.0. The highest BCUT2D eigenvalue weighted by Crippen LogP contribution is 2.49. The first-order valence-corrected chi connectivity index (χ1v) is 10.2. The monoisotopic (exact) mass is 421 g/mol. The fraction of sp³-hybridized carbons (Fsp3) is 0.292. The van der Waals surface area contributed by atoms with Crippen LogP contribution in [0, 0.1) is 5.92 Å². The fourth-order valence-electron chi connectivity index (χ4n) is 4.44. The topological polar surface area (TPSA) is 94.1 Å². The molecule has 0 fully saturated rings. The van der Waals surface area contributed by atoms with E-state index in [-0.39, 0.29) is 18.1 Å². The Hall–Kier alpha value is -3.29. The highest BCUT2D eigenvalue weighted by Gasteiger charge is 2.62. The predicted molar refractivity (Wildman–Crippen MR) is 112 cm³/mol. The minimum atomic E-state index is -2.18. The van der Waals surface area contributed by atoms with Gasteiger partial charge in [-0.25, -0.2) is 4.52 Å². The van der Waals surface area contributed by atoms with E-state index >= 15 is 0 Å². The van der Waals surface area contributed by atoms with E-state index in [2.05, 4.69) is 18.3 Å². The second-order valence-corrected chi connectivity index (χ2v) is 7.73. The Bertz CT molecular complexity index is 1030. The number of ether oxygens (including phenoxy) is 1. The number of hydrogen-bond donors (Lipinski definition) is 1. The molecule has 31 heavy (non-hydrogen) atoms. The van der Waals surface area contributed by atoms with Gasteiger partial charge in [0.15, 0.2) is 16.9 Å². The van der Waals surface area contributed by atoms with E-state index in [1.54, 1.807) is 18.2 Å². The Balaban J connectivity index is 1.79. The number of nitrogens with one attached hydrogen (secondary N) is 1. The number of aromatic amines is 1. The molecular formula is C24H25N2O5+. The van der Waals surface area contributed by atoms with E-state index in [1.165, 1.54) is 6.08 Å². The number of carbonyl (C=O) groups excluding carboxylic acids is 2. The molecule has 0 spiro atoms. The van der Waals surface area contributed by atoms with E-state index in [0.29, 0.717) is 25.3 Å². The minimum Gasteiger partial charge on any atom is -0.436 e. The third-order valence-corrected chi connectivity index (χ3v) is 5.87. The van der Waals surface area contributed by atoms with E-state index in [4.69, 9.17) is 9.26 Å². The fourth-order valence-corrected chi connectivity index (χ4v) is 4.44. The average Bonchev–Trinajstić information content (AvgIpc) is 3.19. The number of benzene rings is 1. The summed E-state index contributed by atoms with van der Waals surface area (Å²) >= 11 is 0. The first-order chi connectivity index (χ1) is 15.0. The van der Waals surface area contributed by atoms with Gasteiger partial charge in [-0.1, -0.05) is 48.6 Å². The number of allylic oxidation sites excluding steroid dienone is 1. The van der Waals surface area contributed by atoms with Crippen LogP contribution in [0.25, 0.3) is 0 Å². The summed E-state index contributed by atoms with van der Waals surface area (Å²) in [7, 11) is 0. The van der Waals surface area contributed by atoms with Gasteiger partial charge < -0.3 is 9.84 Å².